The molecule has 1 aromatic heterocycles. The van der Waals surface area contributed by atoms with E-state index in [4.69, 9.17) is 0 Å². The van der Waals surface area contributed by atoms with Gasteiger partial charge in [0.15, 0.2) is 5.82 Å². The highest BCUT2D eigenvalue weighted by Crippen LogP contribution is 2.16. The van der Waals surface area contributed by atoms with Crippen molar-refractivity contribution in [1.29, 1.82) is 0 Å². The molecule has 21 heavy (non-hydrogen) atoms. The number of aromatic nitrogens is 3. The molecule has 0 aliphatic heterocycles. The van der Waals surface area contributed by atoms with Gasteiger partial charge in [-0.2, -0.15) is 5.10 Å². The molecule has 1 heterocycles. The van der Waals surface area contributed by atoms with Gasteiger partial charge >= 0.3 is 0 Å². The van der Waals surface area contributed by atoms with E-state index >= 15 is 0 Å². The Morgan fingerprint density at radius 3 is 2.67 bits per heavy atom. The molecular formula is C12H16FN5O2S. The maximum Gasteiger partial charge on any atom is 0.243 e. The number of hydrogen-bond acceptors (Lipinski definition) is 5. The molecule has 0 amide bonds. The third kappa shape index (κ3) is 3.84. The fourth-order valence-electron chi connectivity index (χ4n) is 1.78. The first-order valence-corrected chi connectivity index (χ1v) is 7.68. The van der Waals surface area contributed by atoms with E-state index in [0.29, 0.717) is 17.9 Å². The van der Waals surface area contributed by atoms with Gasteiger partial charge in [-0.1, -0.05) is 6.07 Å². The van der Waals surface area contributed by atoms with Crippen LogP contribution >= 0.6 is 0 Å². The normalized spacial score (nSPS) is 11.8. The summed E-state index contributed by atoms with van der Waals surface area (Å²) in [4.78, 5) is 3.51. The minimum Gasteiger partial charge on any atom is -0.316 e. The van der Waals surface area contributed by atoms with Crippen molar-refractivity contribution in [2.75, 3.05) is 7.05 Å². The molecule has 0 unspecified atom stereocenters. The lowest BCUT2D eigenvalue weighted by Crippen LogP contribution is -2.25. The summed E-state index contributed by atoms with van der Waals surface area (Å²) in [5.74, 6) is -0.475. The van der Waals surface area contributed by atoms with Crippen LogP contribution in [0.1, 0.15) is 11.4 Å². The second-order valence-corrected chi connectivity index (χ2v) is 6.19. The molecule has 1 aromatic carbocycles. The Hall–Kier alpha value is -1.84. The monoisotopic (exact) mass is 313 g/mol. The summed E-state index contributed by atoms with van der Waals surface area (Å²) in [5, 5.41) is 6.81. The van der Waals surface area contributed by atoms with Gasteiger partial charge in [0, 0.05) is 13.6 Å². The minimum atomic E-state index is -3.95. The summed E-state index contributed by atoms with van der Waals surface area (Å²) in [7, 11) is -0.548. The van der Waals surface area contributed by atoms with Crippen molar-refractivity contribution >= 4 is 10.0 Å². The van der Waals surface area contributed by atoms with E-state index in [0.717, 1.165) is 0 Å². The largest absolute Gasteiger partial charge is 0.316 e. The van der Waals surface area contributed by atoms with Gasteiger partial charge in [-0.3, -0.25) is 4.68 Å². The molecule has 114 valence electrons. The number of nitrogens with zero attached hydrogens (tertiary/aromatic N) is 3. The summed E-state index contributed by atoms with van der Waals surface area (Å²) in [5.41, 5.74) is 0.667. The van der Waals surface area contributed by atoms with E-state index in [1.807, 2.05) is 0 Å². The Morgan fingerprint density at radius 1 is 1.33 bits per heavy atom. The van der Waals surface area contributed by atoms with E-state index in [9.17, 15) is 12.8 Å². The molecular weight excluding hydrogens is 297 g/mol. The molecule has 0 bridgehead atoms. The number of sulfonamides is 1. The van der Waals surface area contributed by atoms with Gasteiger partial charge in [0.1, 0.15) is 17.0 Å². The van der Waals surface area contributed by atoms with Gasteiger partial charge in [0.05, 0.1) is 6.54 Å². The van der Waals surface area contributed by atoms with E-state index in [2.05, 4.69) is 20.1 Å². The van der Waals surface area contributed by atoms with Gasteiger partial charge in [0.2, 0.25) is 10.0 Å². The summed E-state index contributed by atoms with van der Waals surface area (Å²) < 4.78 is 41.8. The molecule has 0 fully saturated rings. The van der Waals surface area contributed by atoms with Crippen LogP contribution in [0.4, 0.5) is 4.39 Å². The highest BCUT2D eigenvalue weighted by atomic mass is 32.2. The van der Waals surface area contributed by atoms with Crippen LogP contribution < -0.4 is 10.0 Å². The van der Waals surface area contributed by atoms with E-state index in [1.165, 1.54) is 23.1 Å². The van der Waals surface area contributed by atoms with Crippen molar-refractivity contribution in [1.82, 2.24) is 24.8 Å². The number of rotatable bonds is 6. The molecule has 2 rings (SSSR count). The van der Waals surface area contributed by atoms with Crippen molar-refractivity contribution in [2.45, 2.75) is 18.0 Å². The van der Waals surface area contributed by atoms with Crippen LogP contribution in [0.25, 0.3) is 0 Å². The van der Waals surface area contributed by atoms with Gasteiger partial charge in [-0.25, -0.2) is 22.5 Å². The molecule has 0 radical (unpaired) electrons. The third-order valence-electron chi connectivity index (χ3n) is 2.73. The third-order valence-corrected chi connectivity index (χ3v) is 4.17. The molecule has 2 N–H and O–H groups in total. The first kappa shape index (κ1) is 15.5. The predicted molar refractivity (Wildman–Crippen MR) is 74.2 cm³/mol. The molecule has 0 saturated heterocycles. The Kier molecular flexibility index (Phi) is 4.66. The first-order chi connectivity index (χ1) is 9.92. The Balaban J connectivity index is 2.15. The maximum absolute atomic E-state index is 13.9. The molecule has 0 atom stereocenters. The zero-order valence-corrected chi connectivity index (χ0v) is 12.5. The second kappa shape index (κ2) is 6.29. The average Bonchev–Trinajstić information content (AvgIpc) is 2.83. The van der Waals surface area contributed by atoms with Crippen molar-refractivity contribution < 1.29 is 12.8 Å². The van der Waals surface area contributed by atoms with Crippen LogP contribution in [0.5, 0.6) is 0 Å². The molecule has 0 saturated carbocycles. The molecule has 9 heteroatoms. The smallest absolute Gasteiger partial charge is 0.243 e. The lowest BCUT2D eigenvalue weighted by Gasteiger charge is -2.08. The van der Waals surface area contributed by atoms with Crippen molar-refractivity contribution in [2.24, 2.45) is 7.05 Å². The topological polar surface area (TPSA) is 88.9 Å². The number of aryl methyl sites for hydroxylation is 1. The Morgan fingerprint density at radius 2 is 2.10 bits per heavy atom. The molecule has 0 aliphatic carbocycles. The van der Waals surface area contributed by atoms with Crippen molar-refractivity contribution in [3.63, 3.8) is 0 Å². The lowest BCUT2D eigenvalue weighted by molar-refractivity contribution is 0.553. The fraction of sp³-hybridized carbons (Fsp3) is 0.333. The van der Waals surface area contributed by atoms with Gasteiger partial charge < -0.3 is 5.32 Å². The number of halogens is 1. The van der Waals surface area contributed by atoms with Gasteiger partial charge in [0.25, 0.3) is 0 Å². The standard InChI is InChI=1S/C12H16FN5O2S/c1-14-6-9-3-4-11(10(13)5-9)21(19,20)16-7-12-15-8-18(2)17-12/h3-5,8,14,16H,6-7H2,1-2H3. The van der Waals surface area contributed by atoms with E-state index in [-0.39, 0.29) is 6.54 Å². The lowest BCUT2D eigenvalue weighted by atomic mass is 10.2. The molecule has 0 aliphatic rings. The molecule has 2 aromatic rings. The van der Waals surface area contributed by atoms with Crippen LogP contribution in [0.2, 0.25) is 0 Å². The predicted octanol–water partition coefficient (Wildman–Crippen LogP) is 0.152. The summed E-state index contributed by atoms with van der Waals surface area (Å²) >= 11 is 0. The van der Waals surface area contributed by atoms with E-state index in [1.54, 1.807) is 20.2 Å². The summed E-state index contributed by atoms with van der Waals surface area (Å²) in [6.45, 7) is 0.364. The SMILES string of the molecule is CNCc1ccc(S(=O)(=O)NCc2ncn(C)n2)c(F)c1. The van der Waals surface area contributed by atoms with Crippen LogP contribution in [-0.4, -0.2) is 30.2 Å². The van der Waals surface area contributed by atoms with Gasteiger partial charge in [-0.05, 0) is 24.7 Å². The zero-order valence-electron chi connectivity index (χ0n) is 11.7. The van der Waals surface area contributed by atoms with Crippen LogP contribution in [0.15, 0.2) is 29.4 Å². The van der Waals surface area contributed by atoms with Crippen molar-refractivity contribution in [3.8, 4) is 0 Å². The first-order valence-electron chi connectivity index (χ1n) is 6.19. The number of benzene rings is 1. The van der Waals surface area contributed by atoms with Crippen LogP contribution in [0.3, 0.4) is 0 Å². The summed E-state index contributed by atoms with van der Waals surface area (Å²) in [6, 6.07) is 4.01. The fourth-order valence-corrected chi connectivity index (χ4v) is 2.82. The number of nitrogens with one attached hydrogen (secondary N) is 2. The zero-order chi connectivity index (χ0) is 15.5. The average molecular weight is 313 g/mol. The van der Waals surface area contributed by atoms with Crippen LogP contribution in [-0.2, 0) is 30.2 Å². The minimum absolute atomic E-state index is 0.0963. The highest BCUT2D eigenvalue weighted by Gasteiger charge is 2.19. The Labute approximate surface area is 122 Å². The van der Waals surface area contributed by atoms with Crippen molar-refractivity contribution in [3.05, 3.63) is 41.7 Å². The highest BCUT2D eigenvalue weighted by molar-refractivity contribution is 7.89. The number of hydrogen-bond donors (Lipinski definition) is 2. The quantitative estimate of drug-likeness (QED) is 0.792. The summed E-state index contributed by atoms with van der Waals surface area (Å²) in [6.07, 6.45) is 1.46. The van der Waals surface area contributed by atoms with E-state index < -0.39 is 20.7 Å². The maximum atomic E-state index is 13.9. The Bertz CT molecular complexity index is 729. The molecule has 7 nitrogen and oxygen atoms in total. The molecule has 0 spiro atoms. The second-order valence-electron chi connectivity index (χ2n) is 4.45. The van der Waals surface area contributed by atoms with Crippen LogP contribution in [0, 0.1) is 5.82 Å². The van der Waals surface area contributed by atoms with Gasteiger partial charge in [-0.15, -0.1) is 0 Å².